The van der Waals surface area contributed by atoms with Crippen molar-refractivity contribution in [1.82, 2.24) is 29.5 Å². The maximum atomic E-state index is 6.23. The lowest BCUT2D eigenvalue weighted by Gasteiger charge is -2.27. The first kappa shape index (κ1) is 17.7. The molecule has 0 radical (unpaired) electrons. The Morgan fingerprint density at radius 2 is 2.04 bits per heavy atom. The molecule has 1 aliphatic carbocycles. The van der Waals surface area contributed by atoms with E-state index in [2.05, 4.69) is 38.9 Å². The number of hydrogen-bond donors (Lipinski definition) is 1. The summed E-state index contributed by atoms with van der Waals surface area (Å²) in [5.74, 6) is 1.92. The molecule has 0 saturated heterocycles. The fourth-order valence-corrected chi connectivity index (χ4v) is 4.44. The molecule has 3 aromatic heterocycles. The van der Waals surface area contributed by atoms with Crippen molar-refractivity contribution in [2.45, 2.75) is 58.5 Å². The molecule has 8 nitrogen and oxygen atoms in total. The van der Waals surface area contributed by atoms with Gasteiger partial charge in [-0.25, -0.2) is 9.67 Å². The quantitative estimate of drug-likeness (QED) is 0.655. The molecular weight excluding hydrogens is 378 g/mol. The highest BCUT2D eigenvalue weighted by molar-refractivity contribution is 6.34. The normalized spacial score (nSPS) is 22.4. The van der Waals surface area contributed by atoms with Crippen LogP contribution in [-0.4, -0.2) is 36.1 Å². The van der Waals surface area contributed by atoms with Crippen LogP contribution < -0.4 is 10.1 Å². The van der Waals surface area contributed by atoms with Crippen molar-refractivity contribution in [2.75, 3.05) is 11.9 Å². The molecule has 1 aliphatic heterocycles. The fraction of sp³-hybridized carbons (Fsp3) is 0.579. The highest BCUT2D eigenvalue weighted by Crippen LogP contribution is 2.38. The van der Waals surface area contributed by atoms with Crippen LogP contribution in [0.1, 0.15) is 50.8 Å². The first-order chi connectivity index (χ1) is 13.6. The number of nitrogens with one attached hydrogen (secondary N) is 1. The lowest BCUT2D eigenvalue weighted by molar-refractivity contribution is 0.254. The van der Waals surface area contributed by atoms with Gasteiger partial charge in [-0.05, 0) is 38.5 Å². The van der Waals surface area contributed by atoms with Crippen LogP contribution in [0.15, 0.2) is 6.20 Å². The van der Waals surface area contributed by atoms with Crippen LogP contribution in [0, 0.1) is 12.8 Å². The van der Waals surface area contributed by atoms with Crippen molar-refractivity contribution in [1.29, 1.82) is 0 Å². The summed E-state index contributed by atoms with van der Waals surface area (Å²) in [6, 6.07) is 0.422. The van der Waals surface area contributed by atoms with Crippen LogP contribution in [0.25, 0.3) is 11.0 Å². The van der Waals surface area contributed by atoms with Gasteiger partial charge in [-0.1, -0.05) is 18.5 Å². The molecule has 28 heavy (non-hydrogen) atoms. The van der Waals surface area contributed by atoms with E-state index >= 15 is 0 Å². The summed E-state index contributed by atoms with van der Waals surface area (Å²) >= 11 is 6.23. The molecule has 2 aliphatic rings. The summed E-state index contributed by atoms with van der Waals surface area (Å²) in [6.45, 7) is 5.64. The summed E-state index contributed by atoms with van der Waals surface area (Å²) in [4.78, 5) is 9.08. The maximum absolute atomic E-state index is 6.23. The predicted molar refractivity (Wildman–Crippen MR) is 107 cm³/mol. The smallest absolute Gasteiger partial charge is 0.257 e. The average Bonchev–Trinajstić information content (AvgIpc) is 3.16. The number of anilines is 2. The molecule has 4 heterocycles. The van der Waals surface area contributed by atoms with Gasteiger partial charge in [-0.15, -0.1) is 5.10 Å². The number of halogens is 1. The van der Waals surface area contributed by atoms with Crippen molar-refractivity contribution < 1.29 is 4.74 Å². The minimum absolute atomic E-state index is 0.422. The Labute approximate surface area is 168 Å². The van der Waals surface area contributed by atoms with Crippen LogP contribution >= 0.6 is 11.6 Å². The first-order valence-electron chi connectivity index (χ1n) is 9.98. The molecule has 3 aromatic rings. The topological polar surface area (TPSA) is 82.7 Å². The Kier molecular flexibility index (Phi) is 4.38. The minimum Gasteiger partial charge on any atom is -0.475 e. The molecule has 0 aromatic carbocycles. The first-order valence-corrected chi connectivity index (χ1v) is 10.4. The maximum Gasteiger partial charge on any atom is 0.257 e. The van der Waals surface area contributed by atoms with E-state index in [0.717, 1.165) is 47.6 Å². The third kappa shape index (κ3) is 2.99. The molecule has 0 spiro atoms. The second-order valence-electron chi connectivity index (χ2n) is 7.90. The van der Waals surface area contributed by atoms with Crippen molar-refractivity contribution in [3.63, 3.8) is 0 Å². The van der Waals surface area contributed by atoms with Gasteiger partial charge in [0.2, 0.25) is 5.95 Å². The van der Waals surface area contributed by atoms with Gasteiger partial charge in [0.1, 0.15) is 5.69 Å². The SMILES string of the molecule is Cc1c2c(nn1C1CCC(C)CC1)OCCCn1nc(Cl)c3cnc(nc31)N2. The number of rotatable bonds is 1. The standard InChI is InChI=1S/C19H24ClN7O/c1-11-4-6-13(7-5-11)27-12(2)15-18(25-27)28-9-3-8-26-17-14(16(20)24-26)10-21-19(22-15)23-17/h10-11,13H,3-9H2,1-2H3,(H,21,22,23). The van der Waals surface area contributed by atoms with Crippen LogP contribution in [0.5, 0.6) is 5.88 Å². The number of nitrogens with zero attached hydrogens (tertiary/aromatic N) is 6. The van der Waals surface area contributed by atoms with Crippen LogP contribution in [0.4, 0.5) is 11.6 Å². The van der Waals surface area contributed by atoms with Crippen molar-refractivity contribution >= 4 is 34.3 Å². The van der Waals surface area contributed by atoms with Gasteiger partial charge in [0.15, 0.2) is 10.8 Å². The Balaban J connectivity index is 1.54. The van der Waals surface area contributed by atoms with Gasteiger partial charge in [0.05, 0.1) is 23.7 Å². The molecule has 1 fully saturated rings. The van der Waals surface area contributed by atoms with Gasteiger partial charge >= 0.3 is 0 Å². The van der Waals surface area contributed by atoms with Gasteiger partial charge < -0.3 is 10.1 Å². The third-order valence-corrected chi connectivity index (χ3v) is 6.16. The van der Waals surface area contributed by atoms with E-state index in [1.165, 1.54) is 12.8 Å². The average molecular weight is 402 g/mol. The zero-order valence-electron chi connectivity index (χ0n) is 16.2. The Bertz CT molecular complexity index is 1020. The Morgan fingerprint density at radius 3 is 2.86 bits per heavy atom. The van der Waals surface area contributed by atoms with Crippen molar-refractivity contribution in [3.8, 4) is 5.88 Å². The monoisotopic (exact) mass is 401 g/mol. The highest BCUT2D eigenvalue weighted by Gasteiger charge is 2.26. The summed E-state index contributed by atoms with van der Waals surface area (Å²) in [7, 11) is 0. The number of aryl methyl sites for hydroxylation is 1. The highest BCUT2D eigenvalue weighted by atomic mass is 35.5. The van der Waals surface area contributed by atoms with Crippen molar-refractivity contribution in [2.24, 2.45) is 5.92 Å². The number of fused-ring (bicyclic) bond motifs is 2. The number of ether oxygens (including phenoxy) is 1. The van der Waals surface area contributed by atoms with Gasteiger partial charge in [0, 0.05) is 19.2 Å². The Morgan fingerprint density at radius 1 is 1.21 bits per heavy atom. The molecule has 0 amide bonds. The van der Waals surface area contributed by atoms with E-state index in [0.29, 0.717) is 36.2 Å². The summed E-state index contributed by atoms with van der Waals surface area (Å²) in [6.07, 6.45) is 7.31. The third-order valence-electron chi connectivity index (χ3n) is 5.88. The van der Waals surface area contributed by atoms with Crippen LogP contribution in [-0.2, 0) is 6.54 Å². The van der Waals surface area contributed by atoms with E-state index in [9.17, 15) is 0 Å². The summed E-state index contributed by atoms with van der Waals surface area (Å²) in [5.41, 5.74) is 2.64. The molecule has 5 rings (SSSR count). The molecule has 2 bridgehead atoms. The van der Waals surface area contributed by atoms with E-state index in [1.54, 1.807) is 6.20 Å². The van der Waals surface area contributed by atoms with Gasteiger partial charge in [-0.3, -0.25) is 4.68 Å². The molecule has 0 unspecified atom stereocenters. The minimum atomic E-state index is 0.422. The zero-order chi connectivity index (χ0) is 19.3. The second-order valence-corrected chi connectivity index (χ2v) is 8.25. The lowest BCUT2D eigenvalue weighted by atomic mass is 9.87. The Hall–Kier alpha value is -2.35. The lowest BCUT2D eigenvalue weighted by Crippen LogP contribution is -2.19. The van der Waals surface area contributed by atoms with Crippen LogP contribution in [0.3, 0.4) is 0 Å². The summed E-state index contributed by atoms with van der Waals surface area (Å²) in [5, 5.41) is 13.7. The second kappa shape index (κ2) is 6.92. The van der Waals surface area contributed by atoms with E-state index in [-0.39, 0.29) is 0 Å². The molecule has 9 heteroatoms. The fourth-order valence-electron chi connectivity index (χ4n) is 4.21. The molecule has 1 N–H and O–H groups in total. The molecule has 0 atom stereocenters. The van der Waals surface area contributed by atoms with Gasteiger partial charge in [0.25, 0.3) is 5.88 Å². The number of aromatic nitrogens is 6. The largest absolute Gasteiger partial charge is 0.475 e. The van der Waals surface area contributed by atoms with Crippen LogP contribution in [0.2, 0.25) is 5.15 Å². The summed E-state index contributed by atoms with van der Waals surface area (Å²) < 4.78 is 10.00. The molecular formula is C19H24ClN7O. The van der Waals surface area contributed by atoms with E-state index in [1.807, 2.05) is 4.68 Å². The van der Waals surface area contributed by atoms with E-state index in [4.69, 9.17) is 21.4 Å². The van der Waals surface area contributed by atoms with Gasteiger partial charge in [-0.2, -0.15) is 10.1 Å². The van der Waals surface area contributed by atoms with E-state index < -0.39 is 0 Å². The van der Waals surface area contributed by atoms with Crippen molar-refractivity contribution in [3.05, 3.63) is 17.0 Å². The molecule has 1 saturated carbocycles. The number of hydrogen-bond acceptors (Lipinski definition) is 6. The molecule has 148 valence electrons. The zero-order valence-corrected chi connectivity index (χ0v) is 16.9. The predicted octanol–water partition coefficient (Wildman–Crippen LogP) is 4.26.